The average molecular weight is 156 g/mol. The third kappa shape index (κ3) is 1.63. The molecular weight excluding hydrogens is 142 g/mol. The van der Waals surface area contributed by atoms with E-state index in [4.69, 9.17) is 1.37 Å². The number of hydrogen-bond donors (Lipinski definition) is 0. The first-order valence-corrected chi connectivity index (χ1v) is 4.16. The van der Waals surface area contributed by atoms with Gasteiger partial charge in [-0.05, 0) is 0 Å². The van der Waals surface area contributed by atoms with Crippen LogP contribution in [-0.2, 0) is 0 Å². The lowest BCUT2D eigenvalue weighted by atomic mass is 9.99. The molecule has 0 fully saturated rings. The molecule has 1 atom stereocenters. The van der Waals surface area contributed by atoms with Crippen LogP contribution in [0, 0.1) is 5.41 Å². The van der Waals surface area contributed by atoms with Gasteiger partial charge in [-0.25, -0.2) is 0 Å². The van der Waals surface area contributed by atoms with Gasteiger partial charge in [-0.1, -0.05) is 27.4 Å². The lowest BCUT2D eigenvalue weighted by molar-refractivity contribution is 0.602. The summed E-state index contributed by atoms with van der Waals surface area (Å²) in [6, 6.07) is 0. The Labute approximate surface area is 68.0 Å². The molecular formula is C8H13NS. The summed E-state index contributed by atoms with van der Waals surface area (Å²) in [5.41, 5.74) is 0.479. The number of nitrogens with zero attached hydrogens (tertiary/aromatic N) is 1. The topological polar surface area (TPSA) is 12.4 Å². The monoisotopic (exact) mass is 156 g/mol. The van der Waals surface area contributed by atoms with Crippen LogP contribution in [0.2, 0.25) is 0 Å². The van der Waals surface area contributed by atoms with E-state index in [1.807, 2.05) is 0 Å². The van der Waals surface area contributed by atoms with Gasteiger partial charge in [-0.15, -0.1) is 11.8 Å². The van der Waals surface area contributed by atoms with Crippen molar-refractivity contribution in [3.8, 4) is 0 Å². The lowest BCUT2D eigenvalue weighted by Gasteiger charge is -2.16. The van der Waals surface area contributed by atoms with Crippen molar-refractivity contribution in [3.05, 3.63) is 12.3 Å². The van der Waals surface area contributed by atoms with Crippen molar-refractivity contribution in [1.29, 1.82) is 0 Å². The minimum Gasteiger partial charge on any atom is -0.250 e. The van der Waals surface area contributed by atoms with Crippen molar-refractivity contribution in [2.24, 2.45) is 10.4 Å². The second-order valence-electron chi connectivity index (χ2n) is 3.39. The van der Waals surface area contributed by atoms with Crippen LogP contribution in [-0.4, -0.2) is 10.8 Å². The van der Waals surface area contributed by atoms with Crippen molar-refractivity contribution < 1.29 is 1.37 Å². The van der Waals surface area contributed by atoms with Crippen molar-refractivity contribution in [1.82, 2.24) is 0 Å². The first-order valence-electron chi connectivity index (χ1n) is 3.86. The smallest absolute Gasteiger partial charge is 0.0792 e. The van der Waals surface area contributed by atoms with E-state index in [1.165, 1.54) is 11.8 Å². The second-order valence-corrected chi connectivity index (χ2v) is 4.25. The molecule has 1 aliphatic heterocycles. The highest BCUT2D eigenvalue weighted by molar-refractivity contribution is 8.14. The third-order valence-corrected chi connectivity index (χ3v) is 2.51. The van der Waals surface area contributed by atoms with Crippen molar-refractivity contribution >= 4 is 16.8 Å². The van der Waals surface area contributed by atoms with Crippen LogP contribution in [0.1, 0.15) is 22.1 Å². The van der Waals surface area contributed by atoms with E-state index in [1.54, 1.807) is 0 Å². The van der Waals surface area contributed by atoms with Crippen molar-refractivity contribution in [2.75, 3.05) is 5.73 Å². The van der Waals surface area contributed by atoms with Gasteiger partial charge in [-0.3, -0.25) is 4.99 Å². The van der Waals surface area contributed by atoms with E-state index in [0.29, 0.717) is 5.70 Å². The maximum absolute atomic E-state index is 7.50. The summed E-state index contributed by atoms with van der Waals surface area (Å²) >= 11 is 1.50. The van der Waals surface area contributed by atoms with Crippen molar-refractivity contribution in [3.63, 3.8) is 0 Å². The van der Waals surface area contributed by atoms with Gasteiger partial charge in [0.1, 0.15) is 0 Å². The van der Waals surface area contributed by atoms with E-state index in [2.05, 4.69) is 32.3 Å². The van der Waals surface area contributed by atoms with E-state index in [-0.39, 0.29) is 11.1 Å². The molecule has 1 heterocycles. The Morgan fingerprint density at radius 3 is 2.50 bits per heavy atom. The summed E-state index contributed by atoms with van der Waals surface area (Å²) in [6.07, 6.45) is 0. The van der Waals surface area contributed by atoms with Gasteiger partial charge in [0.15, 0.2) is 0 Å². The first-order chi connectivity index (χ1) is 4.91. The average Bonchev–Trinajstić information content (AvgIpc) is 2.11. The Kier molecular flexibility index (Phi) is 1.57. The Morgan fingerprint density at radius 2 is 2.30 bits per heavy atom. The minimum absolute atomic E-state index is 0.0728. The Hall–Kier alpha value is -0.240. The van der Waals surface area contributed by atoms with Crippen LogP contribution < -0.4 is 0 Å². The second kappa shape index (κ2) is 2.42. The lowest BCUT2D eigenvalue weighted by Crippen LogP contribution is -2.14. The summed E-state index contributed by atoms with van der Waals surface area (Å²) in [6.45, 7) is 10.0. The number of thioether (sulfide) groups is 1. The Morgan fingerprint density at radius 1 is 1.70 bits per heavy atom. The van der Waals surface area contributed by atoms with E-state index >= 15 is 0 Å². The summed E-state index contributed by atoms with van der Waals surface area (Å²) in [7, 11) is 0. The fourth-order valence-corrected chi connectivity index (χ4v) is 1.48. The Bertz CT molecular complexity index is 215. The van der Waals surface area contributed by atoms with Crippen LogP contribution in [0.5, 0.6) is 0 Å². The van der Waals surface area contributed by atoms with Gasteiger partial charge in [-0.2, -0.15) is 0 Å². The highest BCUT2D eigenvalue weighted by Gasteiger charge is 2.23. The van der Waals surface area contributed by atoms with Gasteiger partial charge in [0.2, 0.25) is 0 Å². The van der Waals surface area contributed by atoms with Gasteiger partial charge in [0.05, 0.1) is 5.04 Å². The minimum atomic E-state index is -0.274. The van der Waals surface area contributed by atoms with E-state index in [9.17, 15) is 0 Å². The van der Waals surface area contributed by atoms with Crippen LogP contribution in [0.25, 0.3) is 0 Å². The molecule has 0 aromatic heterocycles. The molecule has 2 heteroatoms. The molecule has 0 aromatic rings. The highest BCUT2D eigenvalue weighted by atomic mass is 32.2. The molecule has 0 aliphatic carbocycles. The quantitative estimate of drug-likeness (QED) is 0.525. The largest absolute Gasteiger partial charge is 0.250 e. The Balaban J connectivity index is 2.80. The van der Waals surface area contributed by atoms with Crippen LogP contribution in [0.3, 0.4) is 0 Å². The number of rotatable bonds is 0. The standard InChI is InChI=1S/C8H13NS/c1-6-5-10-7(9-6)8(2,3)4/h1,5H2,2-4H3/i5D. The first kappa shape index (κ1) is 6.47. The number of hydrogen-bond acceptors (Lipinski definition) is 2. The van der Waals surface area contributed by atoms with Crippen LogP contribution in [0.4, 0.5) is 0 Å². The molecule has 0 amide bonds. The van der Waals surface area contributed by atoms with Gasteiger partial charge >= 0.3 is 0 Å². The predicted molar refractivity (Wildman–Crippen MR) is 48.5 cm³/mol. The van der Waals surface area contributed by atoms with Crippen LogP contribution >= 0.6 is 11.8 Å². The predicted octanol–water partition coefficient (Wildman–Crippen LogP) is 2.69. The van der Waals surface area contributed by atoms with Crippen molar-refractivity contribution in [2.45, 2.75) is 20.8 Å². The summed E-state index contributed by atoms with van der Waals surface area (Å²) in [5, 5.41) is 1.03. The molecule has 1 unspecified atom stereocenters. The zero-order chi connectivity index (χ0) is 8.65. The molecule has 0 radical (unpaired) electrons. The zero-order valence-electron chi connectivity index (χ0n) is 7.64. The van der Waals surface area contributed by atoms with Gasteiger partial charge in [0.25, 0.3) is 0 Å². The summed E-state index contributed by atoms with van der Waals surface area (Å²) in [5.74, 6) is 0. The molecule has 0 saturated heterocycles. The molecule has 0 N–H and O–H groups in total. The molecule has 0 aromatic carbocycles. The fraction of sp³-hybridized carbons (Fsp3) is 0.625. The highest BCUT2D eigenvalue weighted by Crippen LogP contribution is 2.31. The van der Waals surface area contributed by atoms with Gasteiger partial charge < -0.3 is 0 Å². The summed E-state index contributed by atoms with van der Waals surface area (Å²) < 4.78 is 7.50. The van der Waals surface area contributed by atoms with E-state index in [0.717, 1.165) is 5.04 Å². The molecule has 1 rings (SSSR count). The molecule has 1 nitrogen and oxygen atoms in total. The van der Waals surface area contributed by atoms with Gasteiger partial charge in [0, 0.05) is 18.2 Å². The maximum atomic E-state index is 7.50. The molecule has 56 valence electrons. The molecule has 1 aliphatic rings. The fourth-order valence-electron chi connectivity index (χ4n) is 0.651. The van der Waals surface area contributed by atoms with E-state index < -0.39 is 0 Å². The molecule has 10 heavy (non-hydrogen) atoms. The van der Waals surface area contributed by atoms with Crippen LogP contribution in [0.15, 0.2) is 17.3 Å². The molecule has 0 spiro atoms. The SMILES string of the molecule is [2H]C1SC(C(C)(C)C)=NC1=C. The zero-order valence-corrected chi connectivity index (χ0v) is 7.46. The maximum Gasteiger partial charge on any atom is 0.0792 e. The molecule has 0 saturated carbocycles. The third-order valence-electron chi connectivity index (χ3n) is 1.19. The number of aliphatic imine (C=N–C) groups is 1. The normalized spacial score (nSPS) is 28.3. The molecule has 0 bridgehead atoms. The summed E-state index contributed by atoms with van der Waals surface area (Å²) in [4.78, 5) is 4.24.